The minimum atomic E-state index is -0.267. The zero-order chi connectivity index (χ0) is 14.4. The maximum absolute atomic E-state index is 12.3. The van der Waals surface area contributed by atoms with E-state index in [1.807, 2.05) is 25.1 Å². The Kier molecular flexibility index (Phi) is 5.56. The Balaban J connectivity index is 2.00. The van der Waals surface area contributed by atoms with E-state index >= 15 is 0 Å². The number of rotatable bonds is 5. The van der Waals surface area contributed by atoms with Gasteiger partial charge in [-0.05, 0) is 31.4 Å². The first-order chi connectivity index (χ1) is 9.72. The van der Waals surface area contributed by atoms with Crippen LogP contribution in [-0.2, 0) is 20.8 Å². The van der Waals surface area contributed by atoms with Gasteiger partial charge in [0.05, 0.1) is 12.2 Å². The van der Waals surface area contributed by atoms with Crippen LogP contribution in [0.2, 0.25) is 0 Å². The minimum Gasteiger partial charge on any atom is -0.459 e. The average molecular weight is 278 g/mol. The third-order valence-corrected chi connectivity index (χ3v) is 3.76. The maximum Gasteiger partial charge on any atom is 0.338 e. The number of ether oxygens (including phenoxy) is 3. The molecule has 1 aromatic carbocycles. The molecule has 1 heterocycles. The van der Waals surface area contributed by atoms with Crippen LogP contribution in [0.25, 0.3) is 0 Å². The number of hydrogen-bond donors (Lipinski definition) is 0. The molecule has 110 valence electrons. The molecule has 1 fully saturated rings. The zero-order valence-electron chi connectivity index (χ0n) is 12.1. The average Bonchev–Trinajstić information content (AvgIpc) is 2.49. The molecular formula is C16H22O4. The summed E-state index contributed by atoms with van der Waals surface area (Å²) in [5.74, 6) is 0.124. The largest absolute Gasteiger partial charge is 0.459 e. The Morgan fingerprint density at radius 2 is 2.05 bits per heavy atom. The van der Waals surface area contributed by atoms with Crippen LogP contribution in [0.3, 0.4) is 0 Å². The van der Waals surface area contributed by atoms with Crippen molar-refractivity contribution >= 4 is 5.97 Å². The van der Waals surface area contributed by atoms with Crippen molar-refractivity contribution in [2.75, 3.05) is 20.3 Å². The molecule has 0 aliphatic carbocycles. The van der Waals surface area contributed by atoms with Crippen molar-refractivity contribution < 1.29 is 19.0 Å². The highest BCUT2D eigenvalue weighted by Crippen LogP contribution is 2.22. The van der Waals surface area contributed by atoms with Crippen LogP contribution in [0.15, 0.2) is 24.3 Å². The molecule has 1 atom stereocenters. The van der Waals surface area contributed by atoms with Gasteiger partial charge in [0.2, 0.25) is 0 Å². The Morgan fingerprint density at radius 1 is 1.35 bits per heavy atom. The zero-order valence-corrected chi connectivity index (χ0v) is 12.1. The molecule has 2 rings (SSSR count). The SMILES string of the molecule is COCc1ccccc1C(=O)OC(C)C1CCOCC1. The summed E-state index contributed by atoms with van der Waals surface area (Å²) < 4.78 is 16.1. The number of carbonyl (C=O) groups is 1. The topological polar surface area (TPSA) is 44.8 Å². The Morgan fingerprint density at radius 3 is 2.75 bits per heavy atom. The van der Waals surface area contributed by atoms with Crippen molar-refractivity contribution in [1.29, 1.82) is 0 Å². The van der Waals surface area contributed by atoms with Gasteiger partial charge in [-0.2, -0.15) is 0 Å². The van der Waals surface area contributed by atoms with Gasteiger partial charge in [0.1, 0.15) is 6.10 Å². The van der Waals surface area contributed by atoms with Gasteiger partial charge in [0, 0.05) is 26.2 Å². The van der Waals surface area contributed by atoms with Gasteiger partial charge >= 0.3 is 5.97 Å². The van der Waals surface area contributed by atoms with Gasteiger partial charge in [-0.3, -0.25) is 0 Å². The van der Waals surface area contributed by atoms with Crippen LogP contribution >= 0.6 is 0 Å². The van der Waals surface area contributed by atoms with Gasteiger partial charge in [-0.15, -0.1) is 0 Å². The van der Waals surface area contributed by atoms with Crippen LogP contribution in [0.5, 0.6) is 0 Å². The summed E-state index contributed by atoms with van der Waals surface area (Å²) in [5, 5.41) is 0. The highest BCUT2D eigenvalue weighted by molar-refractivity contribution is 5.91. The second-order valence-corrected chi connectivity index (χ2v) is 5.15. The molecular weight excluding hydrogens is 256 g/mol. The summed E-state index contributed by atoms with van der Waals surface area (Å²) in [6.45, 7) is 3.89. The normalized spacial score (nSPS) is 17.7. The molecule has 4 heteroatoms. The summed E-state index contributed by atoms with van der Waals surface area (Å²) in [6.07, 6.45) is 1.82. The van der Waals surface area contributed by atoms with E-state index in [2.05, 4.69) is 0 Å². The minimum absolute atomic E-state index is 0.0815. The highest BCUT2D eigenvalue weighted by atomic mass is 16.5. The molecule has 0 saturated carbocycles. The number of esters is 1. The lowest BCUT2D eigenvalue weighted by molar-refractivity contribution is -0.0120. The molecule has 0 aromatic heterocycles. The monoisotopic (exact) mass is 278 g/mol. The summed E-state index contributed by atoms with van der Waals surface area (Å²) in [4.78, 5) is 12.3. The molecule has 1 aliphatic rings. The fraction of sp³-hybridized carbons (Fsp3) is 0.562. The first-order valence-electron chi connectivity index (χ1n) is 7.08. The number of benzene rings is 1. The molecule has 0 N–H and O–H groups in total. The van der Waals surface area contributed by atoms with Crippen LogP contribution in [-0.4, -0.2) is 32.4 Å². The van der Waals surface area contributed by atoms with Gasteiger partial charge in [0.15, 0.2) is 0 Å². The number of methoxy groups -OCH3 is 1. The Hall–Kier alpha value is -1.39. The molecule has 1 aliphatic heterocycles. The van der Waals surface area contributed by atoms with E-state index in [1.165, 1.54) is 0 Å². The molecule has 0 radical (unpaired) electrons. The Bertz CT molecular complexity index is 438. The van der Waals surface area contributed by atoms with Crippen molar-refractivity contribution in [3.05, 3.63) is 35.4 Å². The van der Waals surface area contributed by atoms with E-state index < -0.39 is 0 Å². The molecule has 4 nitrogen and oxygen atoms in total. The quantitative estimate of drug-likeness (QED) is 0.777. The predicted molar refractivity (Wildman–Crippen MR) is 75.6 cm³/mol. The van der Waals surface area contributed by atoms with Gasteiger partial charge in [-0.25, -0.2) is 4.79 Å². The van der Waals surface area contributed by atoms with E-state index in [4.69, 9.17) is 14.2 Å². The molecule has 0 spiro atoms. The lowest BCUT2D eigenvalue weighted by Crippen LogP contribution is -2.29. The van der Waals surface area contributed by atoms with Crippen LogP contribution < -0.4 is 0 Å². The molecule has 1 unspecified atom stereocenters. The highest BCUT2D eigenvalue weighted by Gasteiger charge is 2.24. The van der Waals surface area contributed by atoms with Gasteiger partial charge in [-0.1, -0.05) is 18.2 Å². The summed E-state index contributed by atoms with van der Waals surface area (Å²) in [6, 6.07) is 7.41. The van der Waals surface area contributed by atoms with Crippen LogP contribution in [0.1, 0.15) is 35.7 Å². The van der Waals surface area contributed by atoms with Crippen molar-refractivity contribution in [1.82, 2.24) is 0 Å². The summed E-state index contributed by atoms with van der Waals surface area (Å²) >= 11 is 0. The molecule has 0 bridgehead atoms. The summed E-state index contributed by atoms with van der Waals surface area (Å²) in [7, 11) is 1.62. The smallest absolute Gasteiger partial charge is 0.338 e. The number of carbonyl (C=O) groups excluding carboxylic acids is 1. The fourth-order valence-electron chi connectivity index (χ4n) is 2.51. The van der Waals surface area contributed by atoms with Crippen molar-refractivity contribution in [3.8, 4) is 0 Å². The Labute approximate surface area is 120 Å². The summed E-state index contributed by atoms with van der Waals surface area (Å²) in [5.41, 5.74) is 1.45. The maximum atomic E-state index is 12.3. The third kappa shape index (κ3) is 3.81. The second kappa shape index (κ2) is 7.41. The van der Waals surface area contributed by atoms with E-state index in [0.717, 1.165) is 31.6 Å². The first-order valence-corrected chi connectivity index (χ1v) is 7.08. The standard InChI is InChI=1S/C16H22O4/c1-12(13-7-9-19-10-8-13)20-16(17)15-6-4-3-5-14(15)11-18-2/h3-6,12-13H,7-11H2,1-2H3. The molecule has 1 aromatic rings. The van der Waals surface area contributed by atoms with Crippen molar-refractivity contribution in [2.24, 2.45) is 5.92 Å². The number of hydrogen-bond acceptors (Lipinski definition) is 4. The van der Waals surface area contributed by atoms with Gasteiger partial charge in [0.25, 0.3) is 0 Å². The lowest BCUT2D eigenvalue weighted by Gasteiger charge is -2.27. The van der Waals surface area contributed by atoms with Crippen LogP contribution in [0, 0.1) is 5.92 Å². The van der Waals surface area contributed by atoms with E-state index in [9.17, 15) is 4.79 Å². The predicted octanol–water partition coefficient (Wildman–Crippen LogP) is 2.80. The van der Waals surface area contributed by atoms with E-state index in [0.29, 0.717) is 18.1 Å². The van der Waals surface area contributed by atoms with Gasteiger partial charge < -0.3 is 14.2 Å². The molecule has 0 amide bonds. The van der Waals surface area contributed by atoms with Crippen molar-refractivity contribution in [2.45, 2.75) is 32.5 Å². The lowest BCUT2D eigenvalue weighted by atomic mass is 9.95. The fourth-order valence-corrected chi connectivity index (χ4v) is 2.51. The van der Waals surface area contributed by atoms with Crippen molar-refractivity contribution in [3.63, 3.8) is 0 Å². The molecule has 1 saturated heterocycles. The second-order valence-electron chi connectivity index (χ2n) is 5.15. The molecule has 20 heavy (non-hydrogen) atoms. The van der Waals surface area contributed by atoms with Crippen LogP contribution in [0.4, 0.5) is 0 Å². The van der Waals surface area contributed by atoms with E-state index in [1.54, 1.807) is 13.2 Å². The van der Waals surface area contributed by atoms with E-state index in [-0.39, 0.29) is 12.1 Å². The first kappa shape index (κ1) is 15.0. The third-order valence-electron chi connectivity index (χ3n) is 3.76.